The maximum Gasteiger partial charge on any atom is 0.225 e. The fourth-order valence-electron chi connectivity index (χ4n) is 3.24. The molecule has 1 aromatic rings. The summed E-state index contributed by atoms with van der Waals surface area (Å²) >= 11 is 0. The summed E-state index contributed by atoms with van der Waals surface area (Å²) in [6, 6.07) is 0.196. The minimum atomic E-state index is 0.0601. The van der Waals surface area contributed by atoms with Crippen molar-refractivity contribution in [1.82, 2.24) is 24.8 Å². The van der Waals surface area contributed by atoms with Crippen LogP contribution in [0.1, 0.15) is 32.2 Å². The molecule has 114 valence electrons. The summed E-state index contributed by atoms with van der Waals surface area (Å²) in [5, 5.41) is 8.31. The van der Waals surface area contributed by atoms with Gasteiger partial charge in [0.25, 0.3) is 0 Å². The molecule has 2 aliphatic rings. The van der Waals surface area contributed by atoms with Gasteiger partial charge >= 0.3 is 0 Å². The van der Waals surface area contributed by atoms with Crippen molar-refractivity contribution in [3.05, 3.63) is 12.4 Å². The van der Waals surface area contributed by atoms with Crippen LogP contribution in [-0.4, -0.2) is 62.8 Å². The Labute approximate surface area is 123 Å². The molecule has 1 atom stereocenters. The Morgan fingerprint density at radius 2 is 1.62 bits per heavy atom. The summed E-state index contributed by atoms with van der Waals surface area (Å²) in [5.74, 6) is 0.393. The average molecular weight is 291 g/mol. The second-order valence-corrected chi connectivity index (χ2v) is 5.86. The summed E-state index contributed by atoms with van der Waals surface area (Å²) in [6.45, 7) is 4.45. The van der Waals surface area contributed by atoms with E-state index in [0.29, 0.717) is 19.6 Å². The van der Waals surface area contributed by atoms with Crippen molar-refractivity contribution in [3.63, 3.8) is 0 Å². The molecule has 0 unspecified atom stereocenters. The zero-order valence-corrected chi connectivity index (χ0v) is 12.3. The van der Waals surface area contributed by atoms with Gasteiger partial charge in [0.1, 0.15) is 0 Å². The Hall–Kier alpha value is -1.92. The van der Waals surface area contributed by atoms with Crippen molar-refractivity contribution < 1.29 is 9.59 Å². The van der Waals surface area contributed by atoms with Gasteiger partial charge in [-0.25, -0.2) is 0 Å². The van der Waals surface area contributed by atoms with Crippen molar-refractivity contribution in [2.45, 2.75) is 32.2 Å². The molecule has 0 aromatic carbocycles. The number of aromatic nitrogens is 3. The Morgan fingerprint density at radius 1 is 1.00 bits per heavy atom. The number of amides is 2. The standard InChI is InChI=1S/C14H21N5O2/c1-11(20)17-7-2-12(3-8-17)14(21)18-9-4-13(10-18)19-15-5-6-16-19/h5-6,12-13H,2-4,7-10H2,1H3/t13-/m1/s1. The molecule has 2 fully saturated rings. The fourth-order valence-corrected chi connectivity index (χ4v) is 3.24. The molecule has 2 amide bonds. The van der Waals surface area contributed by atoms with E-state index in [9.17, 15) is 9.59 Å². The maximum absolute atomic E-state index is 12.6. The third-order valence-electron chi connectivity index (χ3n) is 4.53. The molecule has 0 bridgehead atoms. The summed E-state index contributed by atoms with van der Waals surface area (Å²) in [6.07, 6.45) is 5.80. The topological polar surface area (TPSA) is 71.3 Å². The Balaban J connectivity index is 1.54. The van der Waals surface area contributed by atoms with Crippen LogP contribution >= 0.6 is 0 Å². The van der Waals surface area contributed by atoms with Gasteiger partial charge in [-0.15, -0.1) is 0 Å². The molecule has 0 radical (unpaired) electrons. The van der Waals surface area contributed by atoms with Crippen LogP contribution < -0.4 is 0 Å². The van der Waals surface area contributed by atoms with Crippen molar-refractivity contribution in [2.24, 2.45) is 5.92 Å². The van der Waals surface area contributed by atoms with E-state index in [2.05, 4.69) is 10.2 Å². The van der Waals surface area contributed by atoms with E-state index in [-0.39, 0.29) is 23.8 Å². The molecule has 0 saturated carbocycles. The summed E-state index contributed by atoms with van der Waals surface area (Å²) in [5.41, 5.74) is 0. The van der Waals surface area contributed by atoms with Gasteiger partial charge in [0.05, 0.1) is 18.4 Å². The van der Waals surface area contributed by atoms with Crippen LogP contribution in [0.3, 0.4) is 0 Å². The van der Waals surface area contributed by atoms with Crippen molar-refractivity contribution in [2.75, 3.05) is 26.2 Å². The number of piperidine rings is 1. The van der Waals surface area contributed by atoms with Crippen LogP contribution in [0.25, 0.3) is 0 Å². The van der Waals surface area contributed by atoms with Crippen LogP contribution in [0.2, 0.25) is 0 Å². The van der Waals surface area contributed by atoms with Gasteiger partial charge in [-0.2, -0.15) is 15.0 Å². The van der Waals surface area contributed by atoms with Gasteiger partial charge in [-0.1, -0.05) is 0 Å². The van der Waals surface area contributed by atoms with Crippen LogP contribution in [0, 0.1) is 5.92 Å². The van der Waals surface area contributed by atoms with Crippen LogP contribution in [0.15, 0.2) is 12.4 Å². The molecule has 0 N–H and O–H groups in total. The van der Waals surface area contributed by atoms with E-state index < -0.39 is 0 Å². The monoisotopic (exact) mass is 291 g/mol. The SMILES string of the molecule is CC(=O)N1CCC(C(=O)N2CC[C@@H](n3nccn3)C2)CC1. The lowest BCUT2D eigenvalue weighted by Gasteiger charge is -2.32. The van der Waals surface area contributed by atoms with Crippen LogP contribution in [-0.2, 0) is 9.59 Å². The second kappa shape index (κ2) is 5.83. The predicted octanol–water partition coefficient (Wildman–Crippen LogP) is 0.310. The lowest BCUT2D eigenvalue weighted by atomic mass is 9.95. The average Bonchev–Trinajstić information content (AvgIpc) is 3.17. The third-order valence-corrected chi connectivity index (χ3v) is 4.53. The van der Waals surface area contributed by atoms with Crippen molar-refractivity contribution >= 4 is 11.8 Å². The largest absolute Gasteiger partial charge is 0.343 e. The third kappa shape index (κ3) is 2.91. The van der Waals surface area contributed by atoms with Crippen LogP contribution in [0.5, 0.6) is 0 Å². The molecular weight excluding hydrogens is 270 g/mol. The van der Waals surface area contributed by atoms with E-state index in [0.717, 1.165) is 25.8 Å². The highest BCUT2D eigenvalue weighted by Crippen LogP contribution is 2.25. The van der Waals surface area contributed by atoms with E-state index in [4.69, 9.17) is 0 Å². The second-order valence-electron chi connectivity index (χ2n) is 5.86. The Kier molecular flexibility index (Phi) is 3.90. The summed E-state index contributed by atoms with van der Waals surface area (Å²) in [4.78, 5) is 29.3. The molecule has 0 aliphatic carbocycles. The molecule has 7 heteroatoms. The number of hydrogen-bond donors (Lipinski definition) is 0. The maximum atomic E-state index is 12.6. The number of carbonyl (C=O) groups excluding carboxylic acids is 2. The van der Waals surface area contributed by atoms with Crippen molar-refractivity contribution in [3.8, 4) is 0 Å². The van der Waals surface area contributed by atoms with Crippen molar-refractivity contribution in [1.29, 1.82) is 0 Å². The first-order chi connectivity index (χ1) is 10.1. The molecule has 21 heavy (non-hydrogen) atoms. The minimum absolute atomic E-state index is 0.0601. The lowest BCUT2D eigenvalue weighted by molar-refractivity contribution is -0.139. The summed E-state index contributed by atoms with van der Waals surface area (Å²) < 4.78 is 0. The number of carbonyl (C=O) groups is 2. The molecule has 2 aliphatic heterocycles. The predicted molar refractivity (Wildman–Crippen MR) is 75.2 cm³/mol. The molecule has 0 spiro atoms. The molecule has 3 rings (SSSR count). The van der Waals surface area contributed by atoms with Gasteiger partial charge in [-0.05, 0) is 19.3 Å². The molecule has 2 saturated heterocycles. The number of nitrogens with zero attached hydrogens (tertiary/aromatic N) is 5. The first-order valence-corrected chi connectivity index (χ1v) is 7.55. The first-order valence-electron chi connectivity index (χ1n) is 7.55. The smallest absolute Gasteiger partial charge is 0.225 e. The van der Waals surface area contributed by atoms with E-state index >= 15 is 0 Å². The van der Waals surface area contributed by atoms with Gasteiger partial charge in [0, 0.05) is 39.0 Å². The molecular formula is C14H21N5O2. The Bertz CT molecular complexity index is 507. The van der Waals surface area contributed by atoms with E-state index in [1.165, 1.54) is 0 Å². The van der Waals surface area contributed by atoms with Gasteiger partial charge in [0.15, 0.2) is 0 Å². The van der Waals surface area contributed by atoms with Gasteiger partial charge < -0.3 is 9.80 Å². The quantitative estimate of drug-likeness (QED) is 0.786. The lowest BCUT2D eigenvalue weighted by Crippen LogP contribution is -2.43. The Morgan fingerprint density at radius 3 is 2.24 bits per heavy atom. The highest BCUT2D eigenvalue weighted by atomic mass is 16.2. The van der Waals surface area contributed by atoms with Gasteiger partial charge in [-0.3, -0.25) is 9.59 Å². The van der Waals surface area contributed by atoms with Crippen LogP contribution in [0.4, 0.5) is 0 Å². The number of rotatable bonds is 2. The zero-order valence-electron chi connectivity index (χ0n) is 12.3. The van der Waals surface area contributed by atoms with E-state index in [1.54, 1.807) is 24.1 Å². The first kappa shape index (κ1) is 14.0. The molecule has 3 heterocycles. The van der Waals surface area contributed by atoms with Gasteiger partial charge in [0.2, 0.25) is 11.8 Å². The minimum Gasteiger partial charge on any atom is -0.343 e. The number of likely N-dealkylation sites (tertiary alicyclic amines) is 2. The number of hydrogen-bond acceptors (Lipinski definition) is 4. The highest BCUT2D eigenvalue weighted by molar-refractivity contribution is 5.80. The molecule has 7 nitrogen and oxygen atoms in total. The summed E-state index contributed by atoms with van der Waals surface area (Å²) in [7, 11) is 0. The zero-order chi connectivity index (χ0) is 14.8. The normalized spacial score (nSPS) is 23.6. The fraction of sp³-hybridized carbons (Fsp3) is 0.714. The van der Waals surface area contributed by atoms with E-state index in [1.807, 2.05) is 9.80 Å². The molecule has 1 aromatic heterocycles. The highest BCUT2D eigenvalue weighted by Gasteiger charge is 2.34.